The molecule has 1 aliphatic heterocycles. The van der Waals surface area contributed by atoms with Crippen LogP contribution in [0, 0.1) is 0 Å². The smallest absolute Gasteiger partial charge is 0.0958 e. The number of hydrogen-bond donors (Lipinski definition) is 1. The number of benzene rings is 1. The molecular weight excluding hydrogens is 318 g/mol. The number of thioether (sulfide) groups is 2. The third kappa shape index (κ3) is 3.83. The van der Waals surface area contributed by atoms with E-state index in [1.807, 2.05) is 41.7 Å². The molecule has 2 aromatic rings. The standard InChI is InChI=1S/C16H19NOS3/c1-11-16(20-8-7-19-11)14(18)9-15-17-13(10-21-15)12-5-3-2-4-6-12/h2-6,10-11,14,16,18H,7-9H2,1H3. The normalized spacial score (nSPS) is 23.9. The lowest BCUT2D eigenvalue weighted by Crippen LogP contribution is -2.36. The summed E-state index contributed by atoms with van der Waals surface area (Å²) in [5.41, 5.74) is 2.16. The molecule has 0 aliphatic carbocycles. The van der Waals surface area contributed by atoms with Crippen LogP contribution < -0.4 is 0 Å². The molecular formula is C16H19NOS3. The first-order valence-corrected chi connectivity index (χ1v) is 10.1. The van der Waals surface area contributed by atoms with Crippen LogP contribution in [0.5, 0.6) is 0 Å². The maximum Gasteiger partial charge on any atom is 0.0958 e. The molecule has 1 aromatic heterocycles. The first kappa shape index (κ1) is 15.4. The van der Waals surface area contributed by atoms with Gasteiger partial charge in [-0.25, -0.2) is 4.98 Å². The summed E-state index contributed by atoms with van der Waals surface area (Å²) in [6, 6.07) is 10.2. The fraction of sp³-hybridized carbons (Fsp3) is 0.438. The molecule has 21 heavy (non-hydrogen) atoms. The van der Waals surface area contributed by atoms with Crippen molar-refractivity contribution in [3.05, 3.63) is 40.7 Å². The summed E-state index contributed by atoms with van der Waals surface area (Å²) in [4.78, 5) is 4.68. The topological polar surface area (TPSA) is 33.1 Å². The average Bonchev–Trinajstić information content (AvgIpc) is 2.97. The van der Waals surface area contributed by atoms with Gasteiger partial charge >= 0.3 is 0 Å². The van der Waals surface area contributed by atoms with E-state index in [1.54, 1.807) is 11.3 Å². The van der Waals surface area contributed by atoms with Crippen molar-refractivity contribution in [2.24, 2.45) is 0 Å². The number of aliphatic hydroxyl groups excluding tert-OH is 1. The van der Waals surface area contributed by atoms with E-state index < -0.39 is 0 Å². The molecule has 0 radical (unpaired) electrons. The molecule has 0 bridgehead atoms. The Labute approximate surface area is 138 Å². The number of rotatable bonds is 4. The van der Waals surface area contributed by atoms with E-state index in [2.05, 4.69) is 29.4 Å². The first-order valence-electron chi connectivity index (χ1n) is 7.15. The second kappa shape index (κ2) is 7.18. The highest BCUT2D eigenvalue weighted by Gasteiger charge is 2.29. The number of aliphatic hydroxyl groups is 1. The van der Waals surface area contributed by atoms with Crippen molar-refractivity contribution < 1.29 is 5.11 Å². The van der Waals surface area contributed by atoms with Crippen LogP contribution in [0.1, 0.15) is 11.9 Å². The van der Waals surface area contributed by atoms with Crippen molar-refractivity contribution in [1.29, 1.82) is 0 Å². The summed E-state index contributed by atoms with van der Waals surface area (Å²) >= 11 is 5.53. The molecule has 0 saturated carbocycles. The molecule has 112 valence electrons. The van der Waals surface area contributed by atoms with Gasteiger partial charge in [0.1, 0.15) is 0 Å². The van der Waals surface area contributed by atoms with Gasteiger partial charge in [0.25, 0.3) is 0 Å². The zero-order valence-electron chi connectivity index (χ0n) is 11.9. The van der Waals surface area contributed by atoms with E-state index >= 15 is 0 Å². The molecule has 1 saturated heterocycles. The summed E-state index contributed by atoms with van der Waals surface area (Å²) in [6.07, 6.45) is 0.368. The molecule has 3 atom stereocenters. The molecule has 2 nitrogen and oxygen atoms in total. The van der Waals surface area contributed by atoms with E-state index in [1.165, 1.54) is 5.75 Å². The minimum atomic E-state index is -0.299. The van der Waals surface area contributed by atoms with Gasteiger partial charge in [-0.3, -0.25) is 0 Å². The molecule has 1 fully saturated rings. The predicted molar refractivity (Wildman–Crippen MR) is 95.4 cm³/mol. The van der Waals surface area contributed by atoms with E-state index in [-0.39, 0.29) is 6.10 Å². The van der Waals surface area contributed by atoms with Crippen molar-refractivity contribution in [3.8, 4) is 11.3 Å². The van der Waals surface area contributed by atoms with Gasteiger partial charge in [0.2, 0.25) is 0 Å². The maximum atomic E-state index is 10.5. The van der Waals surface area contributed by atoms with E-state index in [0.29, 0.717) is 16.9 Å². The SMILES string of the molecule is CC1SCCSC1C(O)Cc1nc(-c2ccccc2)cs1. The minimum absolute atomic E-state index is 0.299. The third-order valence-electron chi connectivity index (χ3n) is 3.62. The molecule has 1 N–H and O–H groups in total. The Bertz CT molecular complexity index is 572. The van der Waals surface area contributed by atoms with E-state index in [9.17, 15) is 5.11 Å². The highest BCUT2D eigenvalue weighted by atomic mass is 32.2. The summed E-state index contributed by atoms with van der Waals surface area (Å²) in [5.74, 6) is 2.34. The Morgan fingerprint density at radius 3 is 2.76 bits per heavy atom. The van der Waals surface area contributed by atoms with Crippen LogP contribution in [0.25, 0.3) is 11.3 Å². The second-order valence-corrected chi connectivity index (χ2v) is 8.89. The Hall–Kier alpha value is -0.490. The van der Waals surface area contributed by atoms with Crippen molar-refractivity contribution in [1.82, 2.24) is 4.98 Å². The van der Waals surface area contributed by atoms with Gasteiger partial charge in [-0.15, -0.1) is 11.3 Å². The highest BCUT2D eigenvalue weighted by Crippen LogP contribution is 2.34. The van der Waals surface area contributed by atoms with E-state index in [4.69, 9.17) is 0 Å². The summed E-state index contributed by atoms with van der Waals surface area (Å²) in [7, 11) is 0. The lowest BCUT2D eigenvalue weighted by Gasteiger charge is -2.31. The van der Waals surface area contributed by atoms with Gasteiger partial charge < -0.3 is 5.11 Å². The van der Waals surface area contributed by atoms with Crippen LogP contribution in [-0.2, 0) is 6.42 Å². The first-order chi connectivity index (χ1) is 10.2. The van der Waals surface area contributed by atoms with Crippen molar-refractivity contribution in [3.63, 3.8) is 0 Å². The van der Waals surface area contributed by atoms with Crippen LogP contribution in [0.15, 0.2) is 35.7 Å². The van der Waals surface area contributed by atoms with Crippen LogP contribution in [0.4, 0.5) is 0 Å². The second-order valence-electron chi connectivity index (χ2n) is 5.18. The van der Waals surface area contributed by atoms with E-state index in [0.717, 1.165) is 22.0 Å². The van der Waals surface area contributed by atoms with Crippen molar-refractivity contribution >= 4 is 34.9 Å². The van der Waals surface area contributed by atoms with Gasteiger partial charge in [-0.05, 0) is 0 Å². The zero-order valence-corrected chi connectivity index (χ0v) is 14.4. The van der Waals surface area contributed by atoms with Crippen LogP contribution >= 0.6 is 34.9 Å². The molecule has 0 amide bonds. The fourth-order valence-corrected chi connectivity index (χ4v) is 6.21. The van der Waals surface area contributed by atoms with Gasteiger partial charge in [0.15, 0.2) is 0 Å². The monoisotopic (exact) mass is 337 g/mol. The molecule has 5 heteroatoms. The molecule has 1 aromatic carbocycles. The maximum absolute atomic E-state index is 10.5. The van der Waals surface area contributed by atoms with Gasteiger partial charge in [-0.2, -0.15) is 23.5 Å². The molecule has 2 heterocycles. The molecule has 3 rings (SSSR count). The predicted octanol–water partition coefficient (Wildman–Crippen LogP) is 3.95. The van der Waals surface area contributed by atoms with Crippen LogP contribution in [0.3, 0.4) is 0 Å². The molecule has 1 aliphatic rings. The summed E-state index contributed by atoms with van der Waals surface area (Å²) in [5, 5.41) is 14.5. The van der Waals surface area contributed by atoms with Gasteiger partial charge in [-0.1, -0.05) is 37.3 Å². The quantitative estimate of drug-likeness (QED) is 0.916. The van der Waals surface area contributed by atoms with Crippen LogP contribution in [-0.4, -0.2) is 38.2 Å². The zero-order chi connectivity index (χ0) is 14.7. The number of aromatic nitrogens is 1. The lowest BCUT2D eigenvalue weighted by atomic mass is 10.1. The van der Waals surface area contributed by atoms with Crippen molar-refractivity contribution in [2.75, 3.05) is 11.5 Å². The fourth-order valence-electron chi connectivity index (χ4n) is 2.51. The highest BCUT2D eigenvalue weighted by molar-refractivity contribution is 8.07. The van der Waals surface area contributed by atoms with Gasteiger partial charge in [0, 0.05) is 39.4 Å². The van der Waals surface area contributed by atoms with Gasteiger partial charge in [0.05, 0.1) is 16.8 Å². The van der Waals surface area contributed by atoms with Crippen LogP contribution in [0.2, 0.25) is 0 Å². The lowest BCUT2D eigenvalue weighted by molar-refractivity contribution is 0.171. The minimum Gasteiger partial charge on any atom is -0.391 e. The number of hydrogen-bond acceptors (Lipinski definition) is 5. The Morgan fingerprint density at radius 1 is 1.24 bits per heavy atom. The Morgan fingerprint density at radius 2 is 2.00 bits per heavy atom. The largest absolute Gasteiger partial charge is 0.391 e. The Balaban J connectivity index is 1.67. The average molecular weight is 338 g/mol. The molecule has 3 unspecified atom stereocenters. The third-order valence-corrected chi connectivity index (χ3v) is 7.73. The number of nitrogens with zero attached hydrogens (tertiary/aromatic N) is 1. The molecule has 0 spiro atoms. The summed E-state index contributed by atoms with van der Waals surface area (Å²) in [6.45, 7) is 2.22. The number of thiazole rings is 1. The Kier molecular flexibility index (Phi) is 5.27. The van der Waals surface area contributed by atoms with Crippen molar-refractivity contribution in [2.45, 2.75) is 29.9 Å². The summed E-state index contributed by atoms with van der Waals surface area (Å²) < 4.78 is 0.